The van der Waals surface area contributed by atoms with Crippen molar-refractivity contribution in [1.29, 1.82) is 0 Å². The van der Waals surface area contributed by atoms with Gasteiger partial charge in [0.05, 0.1) is 5.54 Å². The molecular weight excluding hydrogens is 270 g/mol. The van der Waals surface area contributed by atoms with Gasteiger partial charge in [-0.1, -0.05) is 12.1 Å². The van der Waals surface area contributed by atoms with Crippen molar-refractivity contribution in [2.24, 2.45) is 4.99 Å². The monoisotopic (exact) mass is 285 g/mol. The Morgan fingerprint density at radius 3 is 2.76 bits per heavy atom. The van der Waals surface area contributed by atoms with Gasteiger partial charge >= 0.3 is 11.8 Å². The van der Waals surface area contributed by atoms with Gasteiger partial charge in [-0.2, -0.15) is 4.99 Å². The maximum Gasteiger partial charge on any atom is 0.316 e. The lowest BCUT2D eigenvalue weighted by Gasteiger charge is -2.37. The molecule has 0 unspecified atom stereocenters. The second-order valence-electron chi connectivity index (χ2n) is 5.35. The third-order valence-corrected chi connectivity index (χ3v) is 4.20. The van der Waals surface area contributed by atoms with Crippen molar-refractivity contribution in [3.63, 3.8) is 0 Å². The molecule has 0 atom stereocenters. The van der Waals surface area contributed by atoms with E-state index < -0.39 is 17.4 Å². The number of piperazine rings is 1. The highest BCUT2D eigenvalue weighted by Gasteiger charge is 2.39. The average Bonchev–Trinajstić information content (AvgIpc) is 2.46. The molecule has 1 saturated carbocycles. The maximum absolute atomic E-state index is 11.9. The van der Waals surface area contributed by atoms with Gasteiger partial charge in [0, 0.05) is 18.8 Å². The van der Waals surface area contributed by atoms with Crippen LogP contribution in [0.2, 0.25) is 0 Å². The number of nitrogens with zero attached hydrogens (tertiary/aromatic N) is 2. The van der Waals surface area contributed by atoms with Crippen molar-refractivity contribution >= 4 is 23.6 Å². The fraction of sp³-hybridized carbons (Fsp3) is 0.400. The van der Waals surface area contributed by atoms with Gasteiger partial charge in [0.25, 0.3) is 0 Å². The Labute approximate surface area is 121 Å². The Hall–Kier alpha value is -2.46. The first-order valence-corrected chi connectivity index (χ1v) is 6.96. The Morgan fingerprint density at radius 2 is 2.10 bits per heavy atom. The van der Waals surface area contributed by atoms with Crippen LogP contribution in [0.3, 0.4) is 0 Å². The largest absolute Gasteiger partial charge is 0.346 e. The molecule has 3 rings (SSSR count). The van der Waals surface area contributed by atoms with Gasteiger partial charge in [-0.25, -0.2) is 4.79 Å². The average molecular weight is 285 g/mol. The zero-order valence-corrected chi connectivity index (χ0v) is 11.5. The molecule has 2 aliphatic rings. The van der Waals surface area contributed by atoms with E-state index in [-0.39, 0.29) is 0 Å². The van der Waals surface area contributed by atoms with E-state index in [1.165, 1.54) is 4.90 Å². The molecule has 0 aromatic heterocycles. The smallest absolute Gasteiger partial charge is 0.316 e. The van der Waals surface area contributed by atoms with Crippen LogP contribution in [0.5, 0.6) is 0 Å². The highest BCUT2D eigenvalue weighted by atomic mass is 16.2. The molecular formula is C15H15N3O3. The fourth-order valence-corrected chi connectivity index (χ4v) is 2.85. The lowest BCUT2D eigenvalue weighted by atomic mass is 9.72. The van der Waals surface area contributed by atoms with E-state index in [4.69, 9.17) is 0 Å². The molecule has 0 bridgehead atoms. The number of aliphatic imine (C=N–C) groups is 1. The van der Waals surface area contributed by atoms with E-state index in [1.807, 2.05) is 18.2 Å². The minimum Gasteiger partial charge on any atom is -0.346 e. The van der Waals surface area contributed by atoms with E-state index in [0.717, 1.165) is 24.8 Å². The molecule has 6 nitrogen and oxygen atoms in total. The number of isocyanates is 1. The molecule has 0 spiro atoms. The summed E-state index contributed by atoms with van der Waals surface area (Å²) < 4.78 is 0. The molecule has 2 amide bonds. The summed E-state index contributed by atoms with van der Waals surface area (Å²) in [6, 6.07) is 7.36. The van der Waals surface area contributed by atoms with Crippen LogP contribution in [0.15, 0.2) is 29.3 Å². The molecule has 1 N–H and O–H groups in total. The van der Waals surface area contributed by atoms with Gasteiger partial charge in [0.1, 0.15) is 0 Å². The number of nitrogens with one attached hydrogen (secondary N) is 1. The summed E-state index contributed by atoms with van der Waals surface area (Å²) in [5.74, 6) is -1.14. The van der Waals surface area contributed by atoms with E-state index in [9.17, 15) is 14.4 Å². The summed E-state index contributed by atoms with van der Waals surface area (Å²) in [5.41, 5.74) is 1.06. The Balaban J connectivity index is 1.95. The van der Waals surface area contributed by atoms with E-state index in [1.54, 1.807) is 12.1 Å². The van der Waals surface area contributed by atoms with E-state index in [2.05, 4.69) is 10.3 Å². The topological polar surface area (TPSA) is 78.8 Å². The normalized spacial score (nSPS) is 20.3. The van der Waals surface area contributed by atoms with Crippen molar-refractivity contribution in [2.75, 3.05) is 18.0 Å². The standard InChI is InChI=1S/C15H15N3O3/c19-10-17-15(5-2-6-15)11-3-1-4-12(9-11)18-8-7-16-13(20)14(18)21/h1,3-4,9H,2,5-8H2,(H,16,20). The number of carbonyl (C=O) groups is 2. The Morgan fingerprint density at radius 1 is 1.29 bits per heavy atom. The van der Waals surface area contributed by atoms with Crippen molar-refractivity contribution in [1.82, 2.24) is 5.32 Å². The number of hydrogen-bond donors (Lipinski definition) is 1. The molecule has 108 valence electrons. The van der Waals surface area contributed by atoms with Gasteiger partial charge in [-0.05, 0) is 37.0 Å². The van der Waals surface area contributed by atoms with Crippen molar-refractivity contribution < 1.29 is 14.4 Å². The predicted molar refractivity (Wildman–Crippen MR) is 75.5 cm³/mol. The Kier molecular flexibility index (Phi) is 3.31. The summed E-state index contributed by atoms with van der Waals surface area (Å²) in [6.07, 6.45) is 4.28. The first-order chi connectivity index (χ1) is 10.2. The predicted octanol–water partition coefficient (Wildman–Crippen LogP) is 0.864. The minimum absolute atomic E-state index is 0.437. The van der Waals surface area contributed by atoms with Crippen LogP contribution in [0.1, 0.15) is 24.8 Å². The number of rotatable bonds is 3. The van der Waals surface area contributed by atoms with Crippen LogP contribution in [0.25, 0.3) is 0 Å². The third kappa shape index (κ3) is 2.23. The molecule has 21 heavy (non-hydrogen) atoms. The van der Waals surface area contributed by atoms with Crippen LogP contribution in [0, 0.1) is 0 Å². The van der Waals surface area contributed by atoms with Gasteiger partial charge < -0.3 is 10.2 Å². The third-order valence-electron chi connectivity index (χ3n) is 4.20. The van der Waals surface area contributed by atoms with Crippen molar-refractivity contribution in [3.05, 3.63) is 29.8 Å². The van der Waals surface area contributed by atoms with Crippen molar-refractivity contribution in [3.8, 4) is 0 Å². The van der Waals surface area contributed by atoms with Crippen LogP contribution < -0.4 is 10.2 Å². The summed E-state index contributed by atoms with van der Waals surface area (Å²) in [6.45, 7) is 0.879. The zero-order valence-electron chi connectivity index (χ0n) is 11.5. The quantitative estimate of drug-likeness (QED) is 0.508. The molecule has 2 fully saturated rings. The number of amides is 2. The maximum atomic E-state index is 11.9. The number of hydrogen-bond acceptors (Lipinski definition) is 4. The number of carbonyl (C=O) groups excluding carboxylic acids is 3. The van der Waals surface area contributed by atoms with Gasteiger partial charge in [0.15, 0.2) is 0 Å². The molecule has 1 aliphatic carbocycles. The second kappa shape index (κ2) is 5.14. The SMILES string of the molecule is O=C=NC1(c2cccc(N3CCNC(=O)C3=O)c2)CCC1. The van der Waals surface area contributed by atoms with Gasteiger partial charge in [0.2, 0.25) is 6.08 Å². The highest BCUT2D eigenvalue weighted by molar-refractivity contribution is 6.41. The van der Waals surface area contributed by atoms with Crippen molar-refractivity contribution in [2.45, 2.75) is 24.8 Å². The molecule has 1 aliphatic heterocycles. The van der Waals surface area contributed by atoms with Gasteiger partial charge in [-0.3, -0.25) is 9.59 Å². The summed E-state index contributed by atoms with van der Waals surface area (Å²) in [4.78, 5) is 39.5. The van der Waals surface area contributed by atoms with E-state index >= 15 is 0 Å². The Bertz CT molecular complexity index is 645. The lowest BCUT2D eigenvalue weighted by Crippen LogP contribution is -2.52. The first-order valence-electron chi connectivity index (χ1n) is 6.96. The molecule has 6 heteroatoms. The summed E-state index contributed by atoms with van der Waals surface area (Å²) >= 11 is 0. The summed E-state index contributed by atoms with van der Waals surface area (Å²) in [7, 11) is 0. The van der Waals surface area contributed by atoms with Crippen LogP contribution in [-0.2, 0) is 19.9 Å². The molecule has 1 heterocycles. The second-order valence-corrected chi connectivity index (χ2v) is 5.35. The summed E-state index contributed by atoms with van der Waals surface area (Å²) in [5, 5.41) is 2.52. The zero-order chi connectivity index (χ0) is 14.9. The van der Waals surface area contributed by atoms with E-state index in [0.29, 0.717) is 18.8 Å². The molecule has 0 radical (unpaired) electrons. The highest BCUT2D eigenvalue weighted by Crippen LogP contribution is 2.45. The molecule has 1 aromatic carbocycles. The van der Waals surface area contributed by atoms with Crippen LogP contribution in [0.4, 0.5) is 5.69 Å². The molecule has 1 aromatic rings. The van der Waals surface area contributed by atoms with Crippen LogP contribution in [-0.4, -0.2) is 31.0 Å². The molecule has 1 saturated heterocycles. The fourth-order valence-electron chi connectivity index (χ4n) is 2.85. The first kappa shape index (κ1) is 13.5. The number of benzene rings is 1. The van der Waals surface area contributed by atoms with Gasteiger partial charge in [-0.15, -0.1) is 0 Å². The minimum atomic E-state index is -0.587. The number of anilines is 1. The lowest BCUT2D eigenvalue weighted by molar-refractivity contribution is -0.138. The van der Waals surface area contributed by atoms with Crippen LogP contribution >= 0.6 is 0 Å².